The number of ether oxygens (including phenoxy) is 1. The van der Waals surface area contributed by atoms with E-state index >= 15 is 0 Å². The number of hydrogen-bond acceptors (Lipinski definition) is 4. The van der Waals surface area contributed by atoms with Gasteiger partial charge in [-0.2, -0.15) is 4.98 Å². The number of aryl methyl sites for hydroxylation is 2. The molecule has 1 aromatic carbocycles. The first kappa shape index (κ1) is 14.2. The van der Waals surface area contributed by atoms with Gasteiger partial charge in [0.25, 0.3) is 5.91 Å². The van der Waals surface area contributed by atoms with Crippen molar-refractivity contribution in [2.45, 2.75) is 19.4 Å². The van der Waals surface area contributed by atoms with Gasteiger partial charge in [0.1, 0.15) is 5.82 Å². The molecule has 0 spiro atoms. The number of nitrogens with zero attached hydrogens (tertiary/aromatic N) is 3. The highest BCUT2D eigenvalue weighted by Crippen LogP contribution is 2.25. The quantitative estimate of drug-likeness (QED) is 0.920. The molecular formula is C14H18N4O2. The summed E-state index contributed by atoms with van der Waals surface area (Å²) in [7, 11) is 3.27. The van der Waals surface area contributed by atoms with Gasteiger partial charge in [0.05, 0.1) is 0 Å². The lowest BCUT2D eigenvalue weighted by atomic mass is 9.95. The molecule has 1 amide bonds. The second-order valence-corrected chi connectivity index (χ2v) is 4.66. The second-order valence-electron chi connectivity index (χ2n) is 4.66. The number of nitrogens with one attached hydrogen (secondary N) is 1. The first-order valence-electron chi connectivity index (χ1n) is 6.27. The van der Waals surface area contributed by atoms with Crippen LogP contribution in [0.3, 0.4) is 0 Å². The predicted octanol–water partition coefficient (Wildman–Crippen LogP) is 1.62. The molecule has 0 fully saturated rings. The van der Waals surface area contributed by atoms with Gasteiger partial charge in [-0.25, -0.2) is 0 Å². The van der Waals surface area contributed by atoms with Crippen LogP contribution in [-0.4, -0.2) is 27.8 Å². The maximum atomic E-state index is 12.5. The van der Waals surface area contributed by atoms with Crippen LogP contribution in [0.4, 0.5) is 5.95 Å². The summed E-state index contributed by atoms with van der Waals surface area (Å²) in [4.78, 5) is 16.6. The van der Waals surface area contributed by atoms with Gasteiger partial charge in [-0.05, 0) is 19.4 Å². The number of carbonyl (C=O) groups excluding carboxylic acids is 1. The van der Waals surface area contributed by atoms with Crippen LogP contribution in [0, 0.1) is 6.92 Å². The molecule has 1 N–H and O–H groups in total. The van der Waals surface area contributed by atoms with Gasteiger partial charge < -0.3 is 4.74 Å². The van der Waals surface area contributed by atoms with E-state index in [0.717, 1.165) is 11.4 Å². The maximum absolute atomic E-state index is 12.5. The lowest BCUT2D eigenvalue weighted by Gasteiger charge is -2.26. The van der Waals surface area contributed by atoms with Crippen LogP contribution in [0.15, 0.2) is 30.3 Å². The number of aromatic nitrogens is 3. The molecule has 20 heavy (non-hydrogen) atoms. The van der Waals surface area contributed by atoms with Crippen LogP contribution in [0.2, 0.25) is 0 Å². The van der Waals surface area contributed by atoms with Crippen molar-refractivity contribution in [1.29, 1.82) is 0 Å². The number of benzene rings is 1. The summed E-state index contributed by atoms with van der Waals surface area (Å²) in [6, 6.07) is 9.31. The first-order chi connectivity index (χ1) is 9.47. The smallest absolute Gasteiger partial charge is 0.263 e. The van der Waals surface area contributed by atoms with E-state index in [1.165, 1.54) is 7.11 Å². The fourth-order valence-electron chi connectivity index (χ4n) is 1.83. The Hall–Kier alpha value is -2.21. The first-order valence-corrected chi connectivity index (χ1v) is 6.27. The van der Waals surface area contributed by atoms with Crippen LogP contribution in [0.25, 0.3) is 0 Å². The molecule has 1 aromatic heterocycles. The summed E-state index contributed by atoms with van der Waals surface area (Å²) in [5, 5.41) is 6.80. The van der Waals surface area contributed by atoms with Crippen LogP contribution in [0.5, 0.6) is 0 Å². The normalized spacial score (nSPS) is 13.8. The molecule has 0 radical (unpaired) electrons. The lowest BCUT2D eigenvalue weighted by Crippen LogP contribution is -2.39. The van der Waals surface area contributed by atoms with Crippen molar-refractivity contribution in [1.82, 2.24) is 14.8 Å². The highest BCUT2D eigenvalue weighted by Gasteiger charge is 2.35. The third-order valence-corrected chi connectivity index (χ3v) is 3.37. The van der Waals surface area contributed by atoms with Crippen molar-refractivity contribution >= 4 is 11.9 Å². The number of anilines is 1. The molecule has 0 aliphatic heterocycles. The van der Waals surface area contributed by atoms with Crippen molar-refractivity contribution in [3.63, 3.8) is 0 Å². The molecule has 0 bridgehead atoms. The largest absolute Gasteiger partial charge is 0.364 e. The Bertz CT molecular complexity index is 589. The summed E-state index contributed by atoms with van der Waals surface area (Å²) in [5.74, 6) is 0.685. The molecule has 2 rings (SSSR count). The van der Waals surface area contributed by atoms with E-state index in [4.69, 9.17) is 4.74 Å². The lowest BCUT2D eigenvalue weighted by molar-refractivity contribution is -0.136. The van der Waals surface area contributed by atoms with Gasteiger partial charge in [-0.1, -0.05) is 30.3 Å². The third-order valence-electron chi connectivity index (χ3n) is 3.37. The average Bonchev–Trinajstić information content (AvgIpc) is 2.77. The Morgan fingerprint density at radius 1 is 1.35 bits per heavy atom. The van der Waals surface area contributed by atoms with Gasteiger partial charge >= 0.3 is 0 Å². The predicted molar refractivity (Wildman–Crippen MR) is 75.2 cm³/mol. The molecule has 6 nitrogen and oxygen atoms in total. The zero-order valence-corrected chi connectivity index (χ0v) is 12.0. The van der Waals surface area contributed by atoms with E-state index in [2.05, 4.69) is 15.4 Å². The van der Waals surface area contributed by atoms with Gasteiger partial charge in [-0.3, -0.25) is 14.8 Å². The standard InChI is InChI=1S/C14H18N4O2/c1-10-15-13(17-18(10)3)16-12(19)14(2,20-4)11-8-6-5-7-9-11/h5-9H,1-4H3,(H,16,17,19). The van der Waals surface area contributed by atoms with E-state index in [1.54, 1.807) is 18.7 Å². The Kier molecular flexibility index (Phi) is 3.85. The zero-order chi connectivity index (χ0) is 14.8. The number of methoxy groups -OCH3 is 1. The summed E-state index contributed by atoms with van der Waals surface area (Å²) < 4.78 is 7.02. The molecule has 1 unspecified atom stereocenters. The summed E-state index contributed by atoms with van der Waals surface area (Å²) in [6.45, 7) is 3.53. The fraction of sp³-hybridized carbons (Fsp3) is 0.357. The molecule has 6 heteroatoms. The molecule has 1 heterocycles. The van der Waals surface area contributed by atoms with Crippen LogP contribution < -0.4 is 5.32 Å². The second kappa shape index (κ2) is 5.42. The molecule has 0 saturated carbocycles. The van der Waals surface area contributed by atoms with Gasteiger partial charge in [-0.15, -0.1) is 5.10 Å². The van der Waals surface area contributed by atoms with E-state index in [9.17, 15) is 4.79 Å². The van der Waals surface area contributed by atoms with Crippen molar-refractivity contribution in [2.75, 3.05) is 12.4 Å². The van der Waals surface area contributed by atoms with E-state index in [-0.39, 0.29) is 11.9 Å². The van der Waals surface area contributed by atoms with Crippen LogP contribution in [0.1, 0.15) is 18.3 Å². The number of amides is 1. The van der Waals surface area contributed by atoms with Crippen molar-refractivity contribution in [2.24, 2.45) is 7.05 Å². The molecular weight excluding hydrogens is 256 g/mol. The van der Waals surface area contributed by atoms with Crippen molar-refractivity contribution in [3.8, 4) is 0 Å². The van der Waals surface area contributed by atoms with Gasteiger partial charge in [0.2, 0.25) is 5.95 Å². The van der Waals surface area contributed by atoms with Crippen molar-refractivity contribution < 1.29 is 9.53 Å². The molecule has 0 aliphatic carbocycles. The summed E-state index contributed by atoms with van der Waals surface area (Å²) in [6.07, 6.45) is 0. The molecule has 106 valence electrons. The van der Waals surface area contributed by atoms with Crippen LogP contribution in [-0.2, 0) is 22.2 Å². The molecule has 0 aliphatic rings. The highest BCUT2D eigenvalue weighted by atomic mass is 16.5. The number of rotatable bonds is 4. The minimum absolute atomic E-state index is 0.272. The van der Waals surface area contributed by atoms with E-state index in [1.807, 2.05) is 37.3 Å². The minimum atomic E-state index is -1.09. The Labute approximate surface area is 117 Å². The van der Waals surface area contributed by atoms with E-state index in [0.29, 0.717) is 0 Å². The summed E-state index contributed by atoms with van der Waals surface area (Å²) in [5.41, 5.74) is -0.318. The Morgan fingerprint density at radius 3 is 2.50 bits per heavy atom. The third kappa shape index (κ3) is 2.55. The molecule has 0 saturated heterocycles. The number of hydrogen-bond donors (Lipinski definition) is 1. The van der Waals surface area contributed by atoms with Crippen LogP contribution >= 0.6 is 0 Å². The topological polar surface area (TPSA) is 69.0 Å². The average molecular weight is 274 g/mol. The van der Waals surface area contributed by atoms with E-state index < -0.39 is 5.60 Å². The zero-order valence-electron chi connectivity index (χ0n) is 12.0. The number of carbonyl (C=O) groups is 1. The Balaban J connectivity index is 2.25. The van der Waals surface area contributed by atoms with Gasteiger partial charge in [0.15, 0.2) is 5.60 Å². The van der Waals surface area contributed by atoms with Gasteiger partial charge in [0, 0.05) is 14.2 Å². The highest BCUT2D eigenvalue weighted by molar-refractivity contribution is 5.96. The molecule has 1 atom stereocenters. The summed E-state index contributed by atoms with van der Waals surface area (Å²) >= 11 is 0. The molecule has 2 aromatic rings. The minimum Gasteiger partial charge on any atom is -0.364 e. The monoisotopic (exact) mass is 274 g/mol. The maximum Gasteiger partial charge on any atom is 0.263 e. The van der Waals surface area contributed by atoms with Crippen molar-refractivity contribution in [3.05, 3.63) is 41.7 Å². The fourth-order valence-corrected chi connectivity index (χ4v) is 1.83. The Morgan fingerprint density at radius 2 is 2.00 bits per heavy atom. The SMILES string of the molecule is COC(C)(C(=O)Nc1nc(C)n(C)n1)c1ccccc1.